The molecule has 0 bridgehead atoms. The molecule has 5 nitrogen and oxygen atoms in total. The van der Waals surface area contributed by atoms with E-state index in [1.807, 2.05) is 19.1 Å². The van der Waals surface area contributed by atoms with E-state index in [9.17, 15) is 9.59 Å². The molecule has 1 amide bonds. The number of benzene rings is 1. The van der Waals surface area contributed by atoms with Gasteiger partial charge in [-0.15, -0.1) is 0 Å². The first-order valence-corrected chi connectivity index (χ1v) is 5.32. The van der Waals surface area contributed by atoms with Crippen molar-refractivity contribution in [1.29, 1.82) is 0 Å². The number of rotatable bonds is 5. The van der Waals surface area contributed by atoms with Crippen LogP contribution in [-0.2, 0) is 9.59 Å². The summed E-state index contributed by atoms with van der Waals surface area (Å²) in [4.78, 5) is 22.0. The number of carboxylic acids is 1. The summed E-state index contributed by atoms with van der Waals surface area (Å²) in [5.41, 5.74) is 1.81. The van der Waals surface area contributed by atoms with Crippen molar-refractivity contribution >= 4 is 17.6 Å². The number of carboxylic acid groups (broad SMARTS) is 1. The number of aliphatic carboxylic acids is 1. The molecule has 1 rings (SSSR count). The second-order valence-corrected chi connectivity index (χ2v) is 3.86. The number of anilines is 1. The van der Waals surface area contributed by atoms with Gasteiger partial charge >= 0.3 is 5.97 Å². The van der Waals surface area contributed by atoms with E-state index in [1.165, 1.54) is 6.92 Å². The summed E-state index contributed by atoms with van der Waals surface area (Å²) in [6.07, 6.45) is 0. The lowest BCUT2D eigenvalue weighted by atomic mass is 10.2. The molecule has 1 atom stereocenters. The molecular weight excluding hydrogens is 220 g/mol. The first-order chi connectivity index (χ1) is 7.99. The highest BCUT2D eigenvalue weighted by atomic mass is 16.4. The zero-order chi connectivity index (χ0) is 12.8. The van der Waals surface area contributed by atoms with Gasteiger partial charge in [-0.05, 0) is 26.0 Å². The van der Waals surface area contributed by atoms with Crippen LogP contribution in [0.3, 0.4) is 0 Å². The summed E-state index contributed by atoms with van der Waals surface area (Å²) >= 11 is 0. The molecular formula is C12H16N2O3. The van der Waals surface area contributed by atoms with Crippen molar-refractivity contribution in [2.24, 2.45) is 0 Å². The Labute approximate surface area is 99.8 Å². The molecule has 1 aromatic rings. The Hall–Kier alpha value is -1.88. The SMILES string of the molecule is Cc1ccc(NC(=O)CN[C@H](C)C(=O)O)cc1. The molecule has 0 saturated heterocycles. The maximum atomic E-state index is 11.5. The van der Waals surface area contributed by atoms with Crippen LogP contribution < -0.4 is 10.6 Å². The largest absolute Gasteiger partial charge is 0.480 e. The monoisotopic (exact) mass is 236 g/mol. The summed E-state index contributed by atoms with van der Waals surface area (Å²) in [6.45, 7) is 3.42. The lowest BCUT2D eigenvalue weighted by Crippen LogP contribution is -2.39. The van der Waals surface area contributed by atoms with E-state index in [0.717, 1.165) is 5.56 Å². The molecule has 0 unspecified atom stereocenters. The normalized spacial score (nSPS) is 11.9. The van der Waals surface area contributed by atoms with E-state index < -0.39 is 12.0 Å². The summed E-state index contributed by atoms with van der Waals surface area (Å²) in [7, 11) is 0. The van der Waals surface area contributed by atoms with Gasteiger partial charge in [0.2, 0.25) is 5.91 Å². The van der Waals surface area contributed by atoms with Gasteiger partial charge in [-0.1, -0.05) is 17.7 Å². The topological polar surface area (TPSA) is 78.4 Å². The lowest BCUT2D eigenvalue weighted by molar-refractivity contribution is -0.139. The minimum Gasteiger partial charge on any atom is -0.480 e. The third-order valence-electron chi connectivity index (χ3n) is 2.27. The summed E-state index contributed by atoms with van der Waals surface area (Å²) < 4.78 is 0. The summed E-state index contributed by atoms with van der Waals surface area (Å²) in [6, 6.07) is 6.65. The summed E-state index contributed by atoms with van der Waals surface area (Å²) in [5, 5.41) is 13.9. The molecule has 0 heterocycles. The maximum Gasteiger partial charge on any atom is 0.320 e. The fourth-order valence-corrected chi connectivity index (χ4v) is 1.18. The lowest BCUT2D eigenvalue weighted by Gasteiger charge is -2.09. The molecule has 5 heteroatoms. The van der Waals surface area contributed by atoms with Crippen molar-refractivity contribution in [3.05, 3.63) is 29.8 Å². The summed E-state index contributed by atoms with van der Waals surface area (Å²) in [5.74, 6) is -1.24. The Morgan fingerprint density at radius 2 is 1.88 bits per heavy atom. The Morgan fingerprint density at radius 1 is 1.29 bits per heavy atom. The van der Waals surface area contributed by atoms with Crippen LogP contribution >= 0.6 is 0 Å². The molecule has 0 aliphatic rings. The number of aryl methyl sites for hydroxylation is 1. The standard InChI is InChI=1S/C12H16N2O3/c1-8-3-5-10(6-4-8)14-11(15)7-13-9(2)12(16)17/h3-6,9,13H,7H2,1-2H3,(H,14,15)(H,16,17)/t9-/m1/s1. The number of carbonyl (C=O) groups excluding carboxylic acids is 1. The molecule has 0 aliphatic carbocycles. The highest BCUT2D eigenvalue weighted by molar-refractivity contribution is 5.92. The molecule has 1 aromatic carbocycles. The predicted octanol–water partition coefficient (Wildman–Crippen LogP) is 0.996. The van der Waals surface area contributed by atoms with Crippen LogP contribution in [0.5, 0.6) is 0 Å². The van der Waals surface area contributed by atoms with Crippen LogP contribution in [0.2, 0.25) is 0 Å². The van der Waals surface area contributed by atoms with Crippen LogP contribution in [0, 0.1) is 6.92 Å². The Morgan fingerprint density at radius 3 is 2.41 bits per heavy atom. The van der Waals surface area contributed by atoms with E-state index in [-0.39, 0.29) is 12.5 Å². The van der Waals surface area contributed by atoms with Gasteiger partial charge in [0, 0.05) is 5.69 Å². The first kappa shape index (κ1) is 13.2. The van der Waals surface area contributed by atoms with Crippen LogP contribution in [0.15, 0.2) is 24.3 Å². The van der Waals surface area contributed by atoms with Gasteiger partial charge in [0.05, 0.1) is 6.54 Å². The molecule has 0 radical (unpaired) electrons. The second-order valence-electron chi connectivity index (χ2n) is 3.86. The van der Waals surface area contributed by atoms with E-state index in [0.29, 0.717) is 5.69 Å². The van der Waals surface area contributed by atoms with Crippen molar-refractivity contribution in [1.82, 2.24) is 5.32 Å². The molecule has 0 fully saturated rings. The van der Waals surface area contributed by atoms with Crippen molar-refractivity contribution in [2.75, 3.05) is 11.9 Å². The minimum atomic E-state index is -0.979. The number of carbonyl (C=O) groups is 2. The van der Waals surface area contributed by atoms with Gasteiger partial charge in [0.25, 0.3) is 0 Å². The molecule has 0 spiro atoms. The molecule has 92 valence electrons. The van der Waals surface area contributed by atoms with Crippen molar-refractivity contribution in [3.63, 3.8) is 0 Å². The zero-order valence-corrected chi connectivity index (χ0v) is 9.86. The van der Waals surface area contributed by atoms with Crippen LogP contribution in [0.1, 0.15) is 12.5 Å². The smallest absolute Gasteiger partial charge is 0.320 e. The minimum absolute atomic E-state index is 0.0264. The third kappa shape index (κ3) is 4.65. The van der Waals surface area contributed by atoms with E-state index in [4.69, 9.17) is 5.11 Å². The van der Waals surface area contributed by atoms with Crippen LogP contribution in [0.4, 0.5) is 5.69 Å². The average molecular weight is 236 g/mol. The Kier molecular flexibility index (Phi) is 4.66. The van der Waals surface area contributed by atoms with Crippen molar-refractivity contribution in [3.8, 4) is 0 Å². The zero-order valence-electron chi connectivity index (χ0n) is 9.86. The highest BCUT2D eigenvalue weighted by Gasteiger charge is 2.11. The average Bonchev–Trinajstić information content (AvgIpc) is 2.29. The molecule has 0 saturated carbocycles. The Balaban J connectivity index is 2.39. The van der Waals surface area contributed by atoms with Crippen molar-refractivity contribution < 1.29 is 14.7 Å². The van der Waals surface area contributed by atoms with Gasteiger partial charge in [-0.2, -0.15) is 0 Å². The van der Waals surface area contributed by atoms with E-state index in [1.54, 1.807) is 12.1 Å². The number of nitrogens with one attached hydrogen (secondary N) is 2. The number of hydrogen-bond acceptors (Lipinski definition) is 3. The van der Waals surface area contributed by atoms with Gasteiger partial charge in [-0.3, -0.25) is 14.9 Å². The molecule has 0 aliphatic heterocycles. The van der Waals surface area contributed by atoms with E-state index >= 15 is 0 Å². The predicted molar refractivity (Wildman–Crippen MR) is 64.9 cm³/mol. The molecule has 0 aromatic heterocycles. The first-order valence-electron chi connectivity index (χ1n) is 5.32. The quantitative estimate of drug-likeness (QED) is 0.712. The fraction of sp³-hybridized carbons (Fsp3) is 0.333. The second kappa shape index (κ2) is 6.00. The molecule has 17 heavy (non-hydrogen) atoms. The molecule has 3 N–H and O–H groups in total. The Bertz CT molecular complexity index is 401. The van der Waals surface area contributed by atoms with Crippen LogP contribution in [0.25, 0.3) is 0 Å². The third-order valence-corrected chi connectivity index (χ3v) is 2.27. The van der Waals surface area contributed by atoms with Gasteiger partial charge in [0.1, 0.15) is 6.04 Å². The number of hydrogen-bond donors (Lipinski definition) is 3. The van der Waals surface area contributed by atoms with Crippen LogP contribution in [-0.4, -0.2) is 29.6 Å². The number of amides is 1. The maximum absolute atomic E-state index is 11.5. The van der Waals surface area contributed by atoms with Gasteiger partial charge in [-0.25, -0.2) is 0 Å². The van der Waals surface area contributed by atoms with E-state index in [2.05, 4.69) is 10.6 Å². The van der Waals surface area contributed by atoms with Gasteiger partial charge in [0.15, 0.2) is 0 Å². The van der Waals surface area contributed by atoms with Crippen molar-refractivity contribution in [2.45, 2.75) is 19.9 Å². The highest BCUT2D eigenvalue weighted by Crippen LogP contribution is 2.07. The van der Waals surface area contributed by atoms with Gasteiger partial charge < -0.3 is 10.4 Å². The fourth-order valence-electron chi connectivity index (χ4n) is 1.18.